The van der Waals surface area contributed by atoms with Crippen molar-refractivity contribution in [3.8, 4) is 0 Å². The number of rotatable bonds is 2. The minimum atomic E-state index is 0.725. The minimum absolute atomic E-state index is 0.725. The maximum absolute atomic E-state index is 5.32. The summed E-state index contributed by atoms with van der Waals surface area (Å²) in [7, 11) is 0. The van der Waals surface area contributed by atoms with Crippen LogP contribution < -0.4 is 0 Å². The smallest absolute Gasteiger partial charge is 0.0687 e. The highest BCUT2D eigenvalue weighted by Gasteiger charge is 2.15. The predicted molar refractivity (Wildman–Crippen MR) is 43.0 cm³/mol. The molecule has 0 spiro atoms. The summed E-state index contributed by atoms with van der Waals surface area (Å²) < 4.78 is 5.32. The van der Waals surface area contributed by atoms with E-state index in [0.717, 1.165) is 19.1 Å². The Morgan fingerprint density at radius 3 is 2.60 bits per heavy atom. The summed E-state index contributed by atoms with van der Waals surface area (Å²) in [6, 6.07) is 0. The number of hydrogen-bond donors (Lipinski definition) is 0. The van der Waals surface area contributed by atoms with Gasteiger partial charge in [0.15, 0.2) is 0 Å². The summed E-state index contributed by atoms with van der Waals surface area (Å²) >= 11 is 0. The molecule has 0 aromatic rings. The van der Waals surface area contributed by atoms with Gasteiger partial charge in [0.25, 0.3) is 0 Å². The number of hydrogen-bond acceptors (Lipinski definition) is 1. The third kappa shape index (κ3) is 1.40. The molecule has 0 saturated heterocycles. The molecule has 0 N–H and O–H groups in total. The van der Waals surface area contributed by atoms with Crippen molar-refractivity contribution in [3.05, 3.63) is 11.1 Å². The molecule has 58 valence electrons. The van der Waals surface area contributed by atoms with Crippen LogP contribution in [0.1, 0.15) is 27.2 Å². The highest BCUT2D eigenvalue weighted by atomic mass is 16.5. The van der Waals surface area contributed by atoms with Crippen molar-refractivity contribution < 1.29 is 4.74 Å². The zero-order valence-corrected chi connectivity index (χ0v) is 7.11. The maximum atomic E-state index is 5.32. The molecule has 1 aliphatic heterocycles. The van der Waals surface area contributed by atoms with Gasteiger partial charge in [0, 0.05) is 0 Å². The first-order chi connectivity index (χ1) is 4.75. The van der Waals surface area contributed by atoms with E-state index in [0.29, 0.717) is 0 Å². The van der Waals surface area contributed by atoms with Gasteiger partial charge in [0.05, 0.1) is 13.2 Å². The summed E-state index contributed by atoms with van der Waals surface area (Å²) in [5.41, 5.74) is 2.98. The molecule has 1 atom stereocenters. The quantitative estimate of drug-likeness (QED) is 0.535. The number of ether oxygens (including phenoxy) is 1. The molecule has 0 radical (unpaired) electrons. The summed E-state index contributed by atoms with van der Waals surface area (Å²) in [6.45, 7) is 8.41. The molecule has 0 amide bonds. The lowest BCUT2D eigenvalue weighted by atomic mass is 9.96. The van der Waals surface area contributed by atoms with Crippen LogP contribution in [0.2, 0.25) is 0 Å². The normalized spacial score (nSPS) is 21.9. The molecule has 0 fully saturated rings. The lowest BCUT2D eigenvalue weighted by molar-refractivity contribution is 0.200. The van der Waals surface area contributed by atoms with Crippen LogP contribution in [0.15, 0.2) is 11.1 Å². The van der Waals surface area contributed by atoms with Crippen LogP contribution in [0.25, 0.3) is 0 Å². The van der Waals surface area contributed by atoms with Gasteiger partial charge in [0.2, 0.25) is 0 Å². The van der Waals surface area contributed by atoms with Crippen LogP contribution in [0, 0.1) is 5.92 Å². The summed E-state index contributed by atoms with van der Waals surface area (Å²) in [5.74, 6) is 0.725. The van der Waals surface area contributed by atoms with Crippen molar-refractivity contribution in [2.24, 2.45) is 5.92 Å². The van der Waals surface area contributed by atoms with E-state index >= 15 is 0 Å². The fourth-order valence-corrected chi connectivity index (χ4v) is 1.34. The van der Waals surface area contributed by atoms with E-state index in [1.165, 1.54) is 17.6 Å². The average molecular weight is 140 g/mol. The van der Waals surface area contributed by atoms with Crippen LogP contribution >= 0.6 is 0 Å². The monoisotopic (exact) mass is 140 g/mol. The molecule has 0 saturated carbocycles. The standard InChI is InChI=1S/C9H16O/c1-4-7(2)9-6-10-5-8(9)3/h7H,4-6H2,1-3H3. The Labute approximate surface area is 63.1 Å². The van der Waals surface area contributed by atoms with Crippen molar-refractivity contribution in [2.45, 2.75) is 27.2 Å². The Morgan fingerprint density at radius 1 is 1.50 bits per heavy atom. The van der Waals surface area contributed by atoms with Gasteiger partial charge >= 0.3 is 0 Å². The van der Waals surface area contributed by atoms with Gasteiger partial charge in [-0.15, -0.1) is 0 Å². The SMILES string of the molecule is CCC(C)C1=C(C)COC1. The molecular weight excluding hydrogens is 124 g/mol. The van der Waals surface area contributed by atoms with Crippen molar-refractivity contribution >= 4 is 0 Å². The van der Waals surface area contributed by atoms with Crippen LogP contribution in [-0.2, 0) is 4.74 Å². The molecule has 1 heterocycles. The first kappa shape index (κ1) is 7.80. The Bertz CT molecular complexity index is 147. The van der Waals surface area contributed by atoms with E-state index in [2.05, 4.69) is 20.8 Å². The van der Waals surface area contributed by atoms with Crippen molar-refractivity contribution in [1.82, 2.24) is 0 Å². The first-order valence-electron chi connectivity index (χ1n) is 4.02. The van der Waals surface area contributed by atoms with Gasteiger partial charge in [-0.1, -0.05) is 13.8 Å². The van der Waals surface area contributed by atoms with Gasteiger partial charge in [-0.05, 0) is 30.4 Å². The molecule has 1 rings (SSSR count). The molecule has 1 nitrogen and oxygen atoms in total. The van der Waals surface area contributed by atoms with Crippen LogP contribution in [0.3, 0.4) is 0 Å². The van der Waals surface area contributed by atoms with E-state index in [-0.39, 0.29) is 0 Å². The first-order valence-corrected chi connectivity index (χ1v) is 4.02. The van der Waals surface area contributed by atoms with Gasteiger partial charge in [-0.25, -0.2) is 0 Å². The molecule has 1 heteroatoms. The van der Waals surface area contributed by atoms with Crippen LogP contribution in [0.4, 0.5) is 0 Å². The van der Waals surface area contributed by atoms with Gasteiger partial charge in [0.1, 0.15) is 0 Å². The fourth-order valence-electron chi connectivity index (χ4n) is 1.34. The Balaban J connectivity index is 2.61. The largest absolute Gasteiger partial charge is 0.373 e. The van der Waals surface area contributed by atoms with E-state index in [4.69, 9.17) is 4.74 Å². The van der Waals surface area contributed by atoms with Crippen molar-refractivity contribution in [2.75, 3.05) is 13.2 Å². The predicted octanol–water partition coefficient (Wildman–Crippen LogP) is 2.38. The Hall–Kier alpha value is -0.300. The zero-order chi connectivity index (χ0) is 7.56. The van der Waals surface area contributed by atoms with Crippen LogP contribution in [0.5, 0.6) is 0 Å². The van der Waals surface area contributed by atoms with E-state index in [1.807, 2.05) is 0 Å². The second kappa shape index (κ2) is 3.20. The molecule has 0 bridgehead atoms. The fraction of sp³-hybridized carbons (Fsp3) is 0.778. The van der Waals surface area contributed by atoms with Crippen LogP contribution in [-0.4, -0.2) is 13.2 Å². The zero-order valence-electron chi connectivity index (χ0n) is 7.11. The minimum Gasteiger partial charge on any atom is -0.373 e. The Kier molecular flexibility index (Phi) is 2.50. The van der Waals surface area contributed by atoms with E-state index < -0.39 is 0 Å². The summed E-state index contributed by atoms with van der Waals surface area (Å²) in [4.78, 5) is 0. The van der Waals surface area contributed by atoms with Gasteiger partial charge in [-0.2, -0.15) is 0 Å². The highest BCUT2D eigenvalue weighted by Crippen LogP contribution is 2.23. The van der Waals surface area contributed by atoms with E-state index in [9.17, 15) is 0 Å². The summed E-state index contributed by atoms with van der Waals surface area (Å²) in [6.07, 6.45) is 1.23. The topological polar surface area (TPSA) is 9.23 Å². The third-order valence-corrected chi connectivity index (χ3v) is 2.33. The van der Waals surface area contributed by atoms with Gasteiger partial charge < -0.3 is 4.74 Å². The second-order valence-corrected chi connectivity index (χ2v) is 3.11. The van der Waals surface area contributed by atoms with Crippen molar-refractivity contribution in [3.63, 3.8) is 0 Å². The molecular formula is C9H16O. The second-order valence-electron chi connectivity index (χ2n) is 3.11. The Morgan fingerprint density at radius 2 is 2.20 bits per heavy atom. The molecule has 1 aliphatic rings. The lowest BCUT2D eigenvalue weighted by Gasteiger charge is -2.09. The molecule has 0 aromatic heterocycles. The van der Waals surface area contributed by atoms with Gasteiger partial charge in [-0.3, -0.25) is 0 Å². The summed E-state index contributed by atoms with van der Waals surface area (Å²) in [5, 5.41) is 0. The average Bonchev–Trinajstić information content (AvgIpc) is 2.34. The van der Waals surface area contributed by atoms with E-state index in [1.54, 1.807) is 0 Å². The molecule has 0 aliphatic carbocycles. The molecule has 0 aromatic carbocycles. The third-order valence-electron chi connectivity index (χ3n) is 2.33. The maximum Gasteiger partial charge on any atom is 0.0687 e. The highest BCUT2D eigenvalue weighted by molar-refractivity contribution is 5.19. The molecule has 1 unspecified atom stereocenters. The molecule has 10 heavy (non-hydrogen) atoms. The van der Waals surface area contributed by atoms with Crippen molar-refractivity contribution in [1.29, 1.82) is 0 Å². The lowest BCUT2D eigenvalue weighted by Crippen LogP contribution is -2.00.